The van der Waals surface area contributed by atoms with E-state index >= 15 is 0 Å². The smallest absolute Gasteiger partial charge is 0.341 e. The van der Waals surface area contributed by atoms with Crippen molar-refractivity contribution in [2.45, 2.75) is 48.8 Å². The van der Waals surface area contributed by atoms with Crippen molar-refractivity contribution >= 4 is 39.5 Å². The molecule has 0 aromatic carbocycles. The summed E-state index contributed by atoms with van der Waals surface area (Å²) >= 11 is 0.836. The van der Waals surface area contributed by atoms with Crippen LogP contribution in [0.25, 0.3) is 0 Å². The summed E-state index contributed by atoms with van der Waals surface area (Å²) in [6, 6.07) is 0.770. The molecule has 138 valence electrons. The third kappa shape index (κ3) is 4.65. The molecule has 1 fully saturated rings. The summed E-state index contributed by atoms with van der Waals surface area (Å²) in [7, 11) is -4.79. The molecule has 1 unspecified atom stereocenters. The standard InChI is InChI=1S/C14H20F2N2O3S2.ClH/c15-14(16)23(20,21)11-6-7-22-12(11)13(19)18-10(8-17)9-4-2-1-3-5-9;/h6-7,9-10,14H,1-5,8,17H2,(H,18,19);1H. The Morgan fingerprint density at radius 1 is 1.33 bits per heavy atom. The van der Waals surface area contributed by atoms with Crippen molar-refractivity contribution in [3.63, 3.8) is 0 Å². The van der Waals surface area contributed by atoms with Crippen LogP contribution in [0.5, 0.6) is 0 Å². The van der Waals surface area contributed by atoms with E-state index in [4.69, 9.17) is 5.73 Å². The number of thiophene rings is 1. The molecule has 0 radical (unpaired) electrons. The maximum absolute atomic E-state index is 12.7. The molecule has 1 aliphatic rings. The van der Waals surface area contributed by atoms with Crippen LogP contribution in [0, 0.1) is 5.92 Å². The predicted molar refractivity (Wildman–Crippen MR) is 91.6 cm³/mol. The first-order chi connectivity index (χ1) is 10.9. The van der Waals surface area contributed by atoms with Crippen LogP contribution in [0.4, 0.5) is 8.78 Å². The molecule has 10 heteroatoms. The van der Waals surface area contributed by atoms with E-state index in [1.165, 1.54) is 5.38 Å². The highest BCUT2D eigenvalue weighted by atomic mass is 35.5. The summed E-state index contributed by atoms with van der Waals surface area (Å²) in [5.41, 5.74) is 5.73. The van der Waals surface area contributed by atoms with Crippen LogP contribution in [0.3, 0.4) is 0 Å². The molecule has 1 heterocycles. The monoisotopic (exact) mass is 402 g/mol. The van der Waals surface area contributed by atoms with Crippen molar-refractivity contribution in [3.05, 3.63) is 16.3 Å². The molecular weight excluding hydrogens is 382 g/mol. The number of sulfone groups is 1. The maximum atomic E-state index is 12.7. The quantitative estimate of drug-likeness (QED) is 0.765. The van der Waals surface area contributed by atoms with E-state index in [-0.39, 0.29) is 35.8 Å². The van der Waals surface area contributed by atoms with Crippen LogP contribution in [-0.2, 0) is 9.84 Å². The Labute approximate surface area is 150 Å². The van der Waals surface area contributed by atoms with Crippen molar-refractivity contribution in [2.24, 2.45) is 11.7 Å². The average molecular weight is 403 g/mol. The highest BCUT2D eigenvalue weighted by Crippen LogP contribution is 2.29. The Bertz CT molecular complexity index is 646. The summed E-state index contributed by atoms with van der Waals surface area (Å²) in [5.74, 6) is -3.96. The van der Waals surface area contributed by atoms with E-state index in [1.54, 1.807) is 0 Å². The summed E-state index contributed by atoms with van der Waals surface area (Å²) < 4.78 is 48.7. The summed E-state index contributed by atoms with van der Waals surface area (Å²) in [4.78, 5) is 11.5. The maximum Gasteiger partial charge on any atom is 0.341 e. The average Bonchev–Trinajstić information content (AvgIpc) is 3.03. The number of hydrogen-bond donors (Lipinski definition) is 2. The zero-order valence-corrected chi connectivity index (χ0v) is 15.4. The molecule has 1 aliphatic carbocycles. The van der Waals surface area contributed by atoms with E-state index in [9.17, 15) is 22.0 Å². The third-order valence-electron chi connectivity index (χ3n) is 4.17. The van der Waals surface area contributed by atoms with Gasteiger partial charge in [0.15, 0.2) is 0 Å². The lowest BCUT2D eigenvalue weighted by Crippen LogP contribution is -2.46. The topological polar surface area (TPSA) is 89.3 Å². The second-order valence-electron chi connectivity index (χ2n) is 5.63. The molecule has 5 nitrogen and oxygen atoms in total. The van der Waals surface area contributed by atoms with Crippen LogP contribution in [0.15, 0.2) is 16.3 Å². The van der Waals surface area contributed by atoms with Crippen molar-refractivity contribution in [1.82, 2.24) is 5.32 Å². The SMILES string of the molecule is Cl.NCC(NC(=O)c1sccc1S(=O)(=O)C(F)F)C1CCCCC1. The molecule has 3 N–H and O–H groups in total. The largest absolute Gasteiger partial charge is 0.347 e. The van der Waals surface area contributed by atoms with Gasteiger partial charge in [0, 0.05) is 12.6 Å². The first-order valence-corrected chi connectivity index (χ1v) is 9.91. The molecule has 24 heavy (non-hydrogen) atoms. The van der Waals surface area contributed by atoms with Gasteiger partial charge in [-0.1, -0.05) is 19.3 Å². The van der Waals surface area contributed by atoms with E-state index in [0.29, 0.717) is 0 Å². The lowest BCUT2D eigenvalue weighted by molar-refractivity contribution is 0.0916. The molecule has 1 atom stereocenters. The van der Waals surface area contributed by atoms with Gasteiger partial charge in [0.25, 0.3) is 5.91 Å². The van der Waals surface area contributed by atoms with Crippen LogP contribution < -0.4 is 11.1 Å². The minimum atomic E-state index is -4.79. The van der Waals surface area contributed by atoms with Crippen LogP contribution in [0.2, 0.25) is 0 Å². The van der Waals surface area contributed by atoms with Gasteiger partial charge in [-0.15, -0.1) is 23.7 Å². The van der Waals surface area contributed by atoms with E-state index < -0.39 is 26.4 Å². The summed E-state index contributed by atoms with van der Waals surface area (Å²) in [5, 5.41) is 4.05. The van der Waals surface area contributed by atoms with Crippen molar-refractivity contribution in [2.75, 3.05) is 6.54 Å². The third-order valence-corrected chi connectivity index (χ3v) is 6.63. The number of amides is 1. The molecule has 0 saturated heterocycles. The first-order valence-electron chi connectivity index (χ1n) is 7.48. The number of nitrogens with two attached hydrogens (primary N) is 1. The Kier molecular flexibility index (Phi) is 8.04. The molecule has 0 aliphatic heterocycles. The van der Waals surface area contributed by atoms with Crippen molar-refractivity contribution in [3.8, 4) is 0 Å². The van der Waals surface area contributed by atoms with Gasteiger partial charge in [0.2, 0.25) is 9.84 Å². The van der Waals surface area contributed by atoms with Gasteiger partial charge in [0.1, 0.15) is 4.88 Å². The van der Waals surface area contributed by atoms with E-state index in [2.05, 4.69) is 5.32 Å². The fourth-order valence-corrected chi connectivity index (χ4v) is 4.99. The van der Waals surface area contributed by atoms with Gasteiger partial charge in [-0.2, -0.15) is 8.78 Å². The minimum absolute atomic E-state index is 0. The number of halogens is 3. The van der Waals surface area contributed by atoms with Gasteiger partial charge in [-0.3, -0.25) is 4.79 Å². The number of carbonyl (C=O) groups excluding carboxylic acids is 1. The second-order valence-corrected chi connectivity index (χ2v) is 8.44. The molecule has 1 aromatic rings. The summed E-state index contributed by atoms with van der Waals surface area (Å²) in [6.45, 7) is 0.235. The fourth-order valence-electron chi connectivity index (χ4n) is 2.92. The van der Waals surface area contributed by atoms with Crippen LogP contribution in [-0.4, -0.2) is 32.7 Å². The lowest BCUT2D eigenvalue weighted by Gasteiger charge is -2.30. The van der Waals surface area contributed by atoms with E-state index in [0.717, 1.165) is 49.5 Å². The zero-order chi connectivity index (χ0) is 17.0. The molecule has 1 saturated carbocycles. The molecule has 0 spiro atoms. The molecule has 1 amide bonds. The Balaban J connectivity index is 0.00000288. The molecule has 2 rings (SSSR count). The van der Waals surface area contributed by atoms with E-state index in [1.807, 2.05) is 0 Å². The first kappa shape index (κ1) is 21.3. The normalized spacial score (nSPS) is 17.3. The van der Waals surface area contributed by atoms with Gasteiger partial charge >= 0.3 is 5.76 Å². The summed E-state index contributed by atoms with van der Waals surface area (Å²) in [6.07, 6.45) is 5.20. The second kappa shape index (κ2) is 9.07. The number of hydrogen-bond acceptors (Lipinski definition) is 5. The molecule has 1 aromatic heterocycles. The Hall–Kier alpha value is -0.770. The van der Waals surface area contributed by atoms with Gasteiger partial charge in [-0.05, 0) is 30.2 Å². The molecular formula is C14H21ClF2N2O3S2. The Morgan fingerprint density at radius 3 is 2.50 bits per heavy atom. The predicted octanol–water partition coefficient (Wildman–Crippen LogP) is 2.80. The van der Waals surface area contributed by atoms with Crippen molar-refractivity contribution in [1.29, 1.82) is 0 Å². The van der Waals surface area contributed by atoms with Gasteiger partial charge < -0.3 is 11.1 Å². The number of rotatable bonds is 6. The van der Waals surface area contributed by atoms with Crippen LogP contribution in [0.1, 0.15) is 41.8 Å². The number of nitrogens with one attached hydrogen (secondary N) is 1. The van der Waals surface area contributed by atoms with Gasteiger partial charge in [0.05, 0.1) is 4.90 Å². The molecule has 0 bridgehead atoms. The zero-order valence-electron chi connectivity index (χ0n) is 12.9. The number of alkyl halides is 2. The minimum Gasteiger partial charge on any atom is -0.347 e. The van der Waals surface area contributed by atoms with Gasteiger partial charge in [-0.25, -0.2) is 8.42 Å². The van der Waals surface area contributed by atoms with Crippen LogP contribution >= 0.6 is 23.7 Å². The Morgan fingerprint density at radius 2 is 1.96 bits per heavy atom. The highest BCUT2D eigenvalue weighted by Gasteiger charge is 2.33. The number of carbonyl (C=O) groups is 1. The fraction of sp³-hybridized carbons (Fsp3) is 0.643. The lowest BCUT2D eigenvalue weighted by atomic mass is 9.84. The van der Waals surface area contributed by atoms with Crippen molar-refractivity contribution < 1.29 is 22.0 Å². The highest BCUT2D eigenvalue weighted by molar-refractivity contribution is 7.92.